The first-order valence-electron chi connectivity index (χ1n) is 3.95. The largest absolute Gasteiger partial charge is 0.393 e. The van der Waals surface area contributed by atoms with Gasteiger partial charge in [0.15, 0.2) is 0 Å². The van der Waals surface area contributed by atoms with Gasteiger partial charge in [-0.3, -0.25) is 0 Å². The maximum Gasteiger partial charge on any atom is 0.0572 e. The van der Waals surface area contributed by atoms with Gasteiger partial charge in [-0.15, -0.1) is 0 Å². The number of piperidine rings is 1. The second kappa shape index (κ2) is 2.51. The lowest BCUT2D eigenvalue weighted by molar-refractivity contribution is 0.0711. The van der Waals surface area contributed by atoms with Crippen LogP contribution in [0.5, 0.6) is 0 Å². The Kier molecular flexibility index (Phi) is 2.02. The molecule has 2 atom stereocenters. The van der Waals surface area contributed by atoms with Crippen molar-refractivity contribution in [2.24, 2.45) is 0 Å². The van der Waals surface area contributed by atoms with Gasteiger partial charge in [0.25, 0.3) is 0 Å². The minimum absolute atomic E-state index is 0.105. The lowest BCUT2D eigenvalue weighted by Gasteiger charge is -2.38. The Hall–Kier alpha value is -0.0800. The van der Waals surface area contributed by atoms with Crippen LogP contribution in [-0.4, -0.2) is 22.8 Å². The first-order chi connectivity index (χ1) is 4.49. The highest BCUT2D eigenvalue weighted by molar-refractivity contribution is 4.89. The summed E-state index contributed by atoms with van der Waals surface area (Å²) in [6, 6.07) is 0.457. The summed E-state index contributed by atoms with van der Waals surface area (Å²) in [5.74, 6) is 0. The summed E-state index contributed by atoms with van der Waals surface area (Å²) >= 11 is 0. The maximum absolute atomic E-state index is 9.38. The van der Waals surface area contributed by atoms with Gasteiger partial charge in [0, 0.05) is 11.6 Å². The zero-order chi connectivity index (χ0) is 7.78. The third-order valence-corrected chi connectivity index (χ3v) is 2.01. The van der Waals surface area contributed by atoms with E-state index in [2.05, 4.69) is 26.1 Å². The highest BCUT2D eigenvalue weighted by Gasteiger charge is 2.29. The number of hydrogen-bond acceptors (Lipinski definition) is 2. The van der Waals surface area contributed by atoms with Gasteiger partial charge in [-0.25, -0.2) is 0 Å². The summed E-state index contributed by atoms with van der Waals surface area (Å²) in [5, 5.41) is 12.8. The molecule has 0 unspecified atom stereocenters. The Bertz CT molecular complexity index is 110. The first kappa shape index (κ1) is 8.02. The van der Waals surface area contributed by atoms with Crippen molar-refractivity contribution in [2.75, 3.05) is 0 Å². The molecule has 60 valence electrons. The molecule has 0 radical (unpaired) electrons. The predicted molar refractivity (Wildman–Crippen MR) is 41.9 cm³/mol. The summed E-state index contributed by atoms with van der Waals surface area (Å²) in [4.78, 5) is 0. The van der Waals surface area contributed by atoms with Crippen molar-refractivity contribution in [3.05, 3.63) is 0 Å². The quantitative estimate of drug-likeness (QED) is 0.528. The molecule has 2 heteroatoms. The van der Waals surface area contributed by atoms with E-state index in [1.54, 1.807) is 0 Å². The van der Waals surface area contributed by atoms with Gasteiger partial charge in [0.05, 0.1) is 6.10 Å². The van der Waals surface area contributed by atoms with Crippen molar-refractivity contribution in [3.63, 3.8) is 0 Å². The molecule has 0 amide bonds. The monoisotopic (exact) mass is 143 g/mol. The van der Waals surface area contributed by atoms with Crippen LogP contribution in [0.3, 0.4) is 0 Å². The summed E-state index contributed by atoms with van der Waals surface area (Å²) in [5.41, 5.74) is 0.122. The van der Waals surface area contributed by atoms with Crippen molar-refractivity contribution in [1.29, 1.82) is 0 Å². The molecule has 0 bridgehead atoms. The van der Waals surface area contributed by atoms with E-state index >= 15 is 0 Å². The van der Waals surface area contributed by atoms with E-state index in [0.717, 1.165) is 12.8 Å². The van der Waals surface area contributed by atoms with E-state index in [9.17, 15) is 5.11 Å². The molecule has 1 rings (SSSR count). The van der Waals surface area contributed by atoms with E-state index in [4.69, 9.17) is 0 Å². The number of nitrogens with one attached hydrogen (secondary N) is 1. The van der Waals surface area contributed by atoms with Crippen molar-refractivity contribution in [1.82, 2.24) is 5.32 Å². The lowest BCUT2D eigenvalue weighted by Crippen LogP contribution is -2.52. The van der Waals surface area contributed by atoms with Crippen molar-refractivity contribution in [3.8, 4) is 0 Å². The molecular formula is C8H17NO. The number of aliphatic hydroxyl groups is 1. The smallest absolute Gasteiger partial charge is 0.0572 e. The molecule has 2 N–H and O–H groups in total. The van der Waals surface area contributed by atoms with E-state index in [1.165, 1.54) is 0 Å². The Balaban J connectivity index is 2.51. The van der Waals surface area contributed by atoms with Gasteiger partial charge < -0.3 is 10.4 Å². The van der Waals surface area contributed by atoms with Crippen LogP contribution in [0.1, 0.15) is 33.6 Å². The van der Waals surface area contributed by atoms with Crippen LogP contribution in [0.2, 0.25) is 0 Å². The van der Waals surface area contributed by atoms with Gasteiger partial charge in [-0.2, -0.15) is 0 Å². The Morgan fingerprint density at radius 1 is 1.50 bits per heavy atom. The second-order valence-corrected chi connectivity index (χ2v) is 4.02. The average Bonchev–Trinajstić information content (AvgIpc) is 1.54. The summed E-state index contributed by atoms with van der Waals surface area (Å²) in [6.07, 6.45) is 1.66. The fraction of sp³-hybridized carbons (Fsp3) is 1.00. The minimum Gasteiger partial charge on any atom is -0.393 e. The van der Waals surface area contributed by atoms with E-state index in [1.807, 2.05) is 0 Å². The molecule has 0 saturated carbocycles. The Morgan fingerprint density at radius 2 is 2.10 bits per heavy atom. The van der Waals surface area contributed by atoms with Crippen LogP contribution >= 0.6 is 0 Å². The second-order valence-electron chi connectivity index (χ2n) is 4.02. The van der Waals surface area contributed by atoms with Crippen LogP contribution in [0.25, 0.3) is 0 Å². The summed E-state index contributed by atoms with van der Waals surface area (Å²) in [7, 11) is 0. The van der Waals surface area contributed by atoms with Crippen LogP contribution in [0.4, 0.5) is 0 Å². The van der Waals surface area contributed by atoms with Crippen LogP contribution < -0.4 is 5.32 Å². The molecule has 0 aromatic rings. The molecular weight excluding hydrogens is 126 g/mol. The van der Waals surface area contributed by atoms with E-state index in [0.29, 0.717) is 6.04 Å². The summed E-state index contributed by atoms with van der Waals surface area (Å²) < 4.78 is 0. The van der Waals surface area contributed by atoms with E-state index in [-0.39, 0.29) is 11.6 Å². The standard InChI is InChI=1S/C8H17NO/c1-6-4-7(10)5-8(2,3)9-6/h6-7,9-10H,4-5H2,1-3H3/t6-,7-/m0/s1. The van der Waals surface area contributed by atoms with Gasteiger partial charge in [-0.05, 0) is 33.6 Å². The van der Waals surface area contributed by atoms with E-state index < -0.39 is 0 Å². The lowest BCUT2D eigenvalue weighted by atomic mass is 9.88. The molecule has 1 aliphatic heterocycles. The highest BCUT2D eigenvalue weighted by atomic mass is 16.3. The fourth-order valence-corrected chi connectivity index (χ4v) is 1.87. The van der Waals surface area contributed by atoms with Crippen molar-refractivity contribution >= 4 is 0 Å². The van der Waals surface area contributed by atoms with Crippen LogP contribution in [0.15, 0.2) is 0 Å². The molecule has 0 aromatic heterocycles. The normalized spacial score (nSPS) is 39.6. The Labute approximate surface area is 62.6 Å². The maximum atomic E-state index is 9.38. The Morgan fingerprint density at radius 3 is 2.50 bits per heavy atom. The minimum atomic E-state index is -0.105. The molecule has 1 aliphatic rings. The predicted octanol–water partition coefficient (Wildman–Crippen LogP) is 0.898. The molecule has 1 heterocycles. The summed E-state index contributed by atoms with van der Waals surface area (Å²) in [6.45, 7) is 6.38. The molecule has 2 nitrogen and oxygen atoms in total. The van der Waals surface area contributed by atoms with Crippen LogP contribution in [0, 0.1) is 0 Å². The topological polar surface area (TPSA) is 32.3 Å². The molecule has 10 heavy (non-hydrogen) atoms. The number of aliphatic hydroxyl groups excluding tert-OH is 1. The molecule has 1 fully saturated rings. The van der Waals surface area contributed by atoms with Gasteiger partial charge in [0.2, 0.25) is 0 Å². The van der Waals surface area contributed by atoms with Crippen molar-refractivity contribution in [2.45, 2.75) is 51.3 Å². The zero-order valence-electron chi connectivity index (χ0n) is 7.02. The highest BCUT2D eigenvalue weighted by Crippen LogP contribution is 2.21. The molecule has 0 spiro atoms. The van der Waals surface area contributed by atoms with Gasteiger partial charge in [-0.1, -0.05) is 0 Å². The zero-order valence-corrected chi connectivity index (χ0v) is 7.02. The number of hydrogen-bond donors (Lipinski definition) is 2. The van der Waals surface area contributed by atoms with Crippen molar-refractivity contribution < 1.29 is 5.11 Å². The van der Waals surface area contributed by atoms with Crippen LogP contribution in [-0.2, 0) is 0 Å². The SMILES string of the molecule is C[C@H]1C[C@H](O)CC(C)(C)N1. The molecule has 0 aliphatic carbocycles. The fourth-order valence-electron chi connectivity index (χ4n) is 1.87. The van der Waals surface area contributed by atoms with Gasteiger partial charge >= 0.3 is 0 Å². The third-order valence-electron chi connectivity index (χ3n) is 2.01. The van der Waals surface area contributed by atoms with Gasteiger partial charge in [0.1, 0.15) is 0 Å². The third kappa shape index (κ3) is 1.96. The number of rotatable bonds is 0. The average molecular weight is 143 g/mol. The molecule has 1 saturated heterocycles. The molecule has 0 aromatic carbocycles. The first-order valence-corrected chi connectivity index (χ1v) is 3.95.